The zero-order chi connectivity index (χ0) is 13.9. The summed E-state index contributed by atoms with van der Waals surface area (Å²) in [5, 5.41) is 10.6. The summed E-state index contributed by atoms with van der Waals surface area (Å²) in [6.45, 7) is 8.34. The molecule has 2 aliphatic rings. The van der Waals surface area contributed by atoms with E-state index in [0.29, 0.717) is 24.0 Å². The van der Waals surface area contributed by atoms with Gasteiger partial charge in [-0.3, -0.25) is 9.59 Å². The summed E-state index contributed by atoms with van der Waals surface area (Å²) in [6, 6.07) is 0. The molecule has 100 valence electrons. The number of carbonyl (C=O) groups excluding carboxylic acids is 2. The molecule has 0 saturated carbocycles. The van der Waals surface area contributed by atoms with E-state index in [-0.39, 0.29) is 5.78 Å². The highest BCUT2D eigenvalue weighted by Gasteiger charge is 2.65. The number of hydrogen-bond donors (Lipinski definition) is 1. The highest BCUT2D eigenvalue weighted by atomic mass is 16.6. The van der Waals surface area contributed by atoms with Gasteiger partial charge in [-0.2, -0.15) is 0 Å². The molecule has 4 heteroatoms. The van der Waals surface area contributed by atoms with E-state index in [1.165, 1.54) is 6.92 Å². The molecule has 4 nitrogen and oxygen atoms in total. The van der Waals surface area contributed by atoms with Crippen molar-refractivity contribution in [2.75, 3.05) is 0 Å². The minimum Gasteiger partial charge on any atom is -0.378 e. The molecule has 1 aliphatic carbocycles. The fourth-order valence-corrected chi connectivity index (χ4v) is 2.97. The van der Waals surface area contributed by atoms with E-state index < -0.39 is 22.6 Å². The summed E-state index contributed by atoms with van der Waals surface area (Å²) in [7, 11) is 0. The molecule has 1 heterocycles. The number of Topliss-reactive ketones (excluding diaryl/α,β-unsaturated/α-hetero) is 2. The molecule has 0 aromatic carbocycles. The van der Waals surface area contributed by atoms with E-state index in [4.69, 9.17) is 4.74 Å². The average Bonchev–Trinajstić information content (AvgIpc) is 2.61. The van der Waals surface area contributed by atoms with Crippen molar-refractivity contribution in [2.24, 2.45) is 0 Å². The van der Waals surface area contributed by atoms with Crippen LogP contribution in [0.25, 0.3) is 0 Å². The lowest BCUT2D eigenvalue weighted by atomic mass is 9.67. The van der Waals surface area contributed by atoms with Gasteiger partial charge in [0, 0.05) is 11.1 Å². The molecule has 0 aromatic heterocycles. The lowest BCUT2D eigenvalue weighted by Gasteiger charge is -2.44. The van der Waals surface area contributed by atoms with Gasteiger partial charge in [0.25, 0.3) is 0 Å². The van der Waals surface area contributed by atoms with Crippen LogP contribution in [-0.2, 0) is 14.3 Å². The number of carbonyl (C=O) groups is 2. The number of ether oxygens (including phenoxy) is 1. The van der Waals surface area contributed by atoms with Crippen molar-refractivity contribution in [1.82, 2.24) is 0 Å². The molecule has 2 atom stereocenters. The highest BCUT2D eigenvalue weighted by Crippen LogP contribution is 2.49. The van der Waals surface area contributed by atoms with Crippen molar-refractivity contribution in [1.29, 1.82) is 0 Å². The molecule has 1 spiro atoms. The van der Waals surface area contributed by atoms with Crippen LogP contribution in [-0.4, -0.2) is 33.5 Å². The van der Waals surface area contributed by atoms with Crippen LogP contribution in [0.1, 0.15) is 47.5 Å². The van der Waals surface area contributed by atoms with Crippen molar-refractivity contribution in [3.05, 3.63) is 11.1 Å². The second-order valence-electron chi connectivity index (χ2n) is 6.17. The summed E-state index contributed by atoms with van der Waals surface area (Å²) in [6.07, 6.45) is 1.02. The Balaban J connectivity index is 2.62. The number of ketones is 2. The Morgan fingerprint density at radius 1 is 1.00 bits per heavy atom. The molecule has 2 unspecified atom stereocenters. The number of aliphatic hydroxyl groups is 1. The van der Waals surface area contributed by atoms with Gasteiger partial charge in [0.05, 0.1) is 5.60 Å². The van der Waals surface area contributed by atoms with Gasteiger partial charge in [0.15, 0.2) is 22.8 Å². The molecule has 0 radical (unpaired) electrons. The zero-order valence-corrected chi connectivity index (χ0v) is 11.6. The Morgan fingerprint density at radius 2 is 1.50 bits per heavy atom. The Kier molecular flexibility index (Phi) is 2.62. The fourth-order valence-electron chi connectivity index (χ4n) is 2.97. The smallest absolute Gasteiger partial charge is 0.194 e. The first-order valence-corrected chi connectivity index (χ1v) is 6.25. The molecule has 1 aliphatic heterocycles. The molecule has 18 heavy (non-hydrogen) atoms. The van der Waals surface area contributed by atoms with Gasteiger partial charge < -0.3 is 9.84 Å². The minimum absolute atomic E-state index is 0.254. The summed E-state index contributed by atoms with van der Waals surface area (Å²) >= 11 is 0. The Morgan fingerprint density at radius 3 is 1.94 bits per heavy atom. The molecule has 0 amide bonds. The van der Waals surface area contributed by atoms with E-state index in [1.807, 2.05) is 13.8 Å². The van der Waals surface area contributed by atoms with E-state index >= 15 is 0 Å². The zero-order valence-electron chi connectivity index (χ0n) is 11.6. The third-order valence-corrected chi connectivity index (χ3v) is 4.37. The maximum atomic E-state index is 12.5. The molecule has 1 N–H and O–H groups in total. The van der Waals surface area contributed by atoms with Crippen molar-refractivity contribution in [3.8, 4) is 0 Å². The second-order valence-corrected chi connectivity index (χ2v) is 6.17. The van der Waals surface area contributed by atoms with Crippen molar-refractivity contribution in [3.63, 3.8) is 0 Å². The van der Waals surface area contributed by atoms with Crippen LogP contribution in [0, 0.1) is 0 Å². The quantitative estimate of drug-likeness (QED) is 0.710. The standard InChI is InChI=1S/C14H20O4/c1-8-9(2)11(16)14(13(5,17)10(8)15)7-6-12(3,4)18-14/h17H,6-7H2,1-5H3. The van der Waals surface area contributed by atoms with Crippen LogP contribution >= 0.6 is 0 Å². The molecule has 0 aromatic rings. The Hall–Kier alpha value is -1.00. The molecular weight excluding hydrogens is 232 g/mol. The van der Waals surface area contributed by atoms with Gasteiger partial charge in [0.2, 0.25) is 0 Å². The summed E-state index contributed by atoms with van der Waals surface area (Å²) in [4.78, 5) is 24.7. The third kappa shape index (κ3) is 1.45. The van der Waals surface area contributed by atoms with Gasteiger partial charge in [-0.15, -0.1) is 0 Å². The Bertz CT molecular complexity index is 470. The summed E-state index contributed by atoms with van der Waals surface area (Å²) in [5.74, 6) is -0.660. The minimum atomic E-state index is -1.78. The predicted octanol–water partition coefficient (Wildman–Crippen LogP) is 1.55. The van der Waals surface area contributed by atoms with Gasteiger partial charge in [0.1, 0.15) is 0 Å². The van der Waals surface area contributed by atoms with Crippen LogP contribution < -0.4 is 0 Å². The van der Waals surface area contributed by atoms with E-state index in [0.717, 1.165) is 0 Å². The molecular formula is C14H20O4. The number of rotatable bonds is 0. The van der Waals surface area contributed by atoms with Crippen LogP contribution in [0.5, 0.6) is 0 Å². The lowest BCUT2D eigenvalue weighted by molar-refractivity contribution is -0.196. The van der Waals surface area contributed by atoms with E-state index in [9.17, 15) is 14.7 Å². The van der Waals surface area contributed by atoms with Gasteiger partial charge in [-0.1, -0.05) is 0 Å². The first kappa shape index (κ1) is 13.4. The normalized spacial score (nSPS) is 39.9. The third-order valence-electron chi connectivity index (χ3n) is 4.37. The summed E-state index contributed by atoms with van der Waals surface area (Å²) in [5.41, 5.74) is -2.93. The van der Waals surface area contributed by atoms with Crippen molar-refractivity contribution < 1.29 is 19.4 Å². The van der Waals surface area contributed by atoms with Crippen LogP contribution in [0.3, 0.4) is 0 Å². The molecule has 1 fully saturated rings. The van der Waals surface area contributed by atoms with Crippen LogP contribution in [0.4, 0.5) is 0 Å². The molecule has 1 saturated heterocycles. The SMILES string of the molecule is CC1=C(C)C(=O)C2(CCC(C)(C)O2)C(C)(O)C1=O. The van der Waals surface area contributed by atoms with Crippen LogP contribution in [0.2, 0.25) is 0 Å². The highest BCUT2D eigenvalue weighted by molar-refractivity contribution is 6.19. The maximum absolute atomic E-state index is 12.5. The first-order valence-electron chi connectivity index (χ1n) is 6.25. The number of hydrogen-bond acceptors (Lipinski definition) is 4. The van der Waals surface area contributed by atoms with Crippen molar-refractivity contribution in [2.45, 2.75) is 64.3 Å². The Labute approximate surface area is 107 Å². The van der Waals surface area contributed by atoms with Gasteiger partial charge in [-0.05, 0) is 47.5 Å². The van der Waals surface area contributed by atoms with E-state index in [2.05, 4.69) is 0 Å². The van der Waals surface area contributed by atoms with Crippen LogP contribution in [0.15, 0.2) is 11.1 Å². The molecule has 0 bridgehead atoms. The maximum Gasteiger partial charge on any atom is 0.194 e. The largest absolute Gasteiger partial charge is 0.378 e. The van der Waals surface area contributed by atoms with Gasteiger partial charge >= 0.3 is 0 Å². The van der Waals surface area contributed by atoms with Gasteiger partial charge in [-0.25, -0.2) is 0 Å². The monoisotopic (exact) mass is 252 g/mol. The van der Waals surface area contributed by atoms with E-state index in [1.54, 1.807) is 13.8 Å². The predicted molar refractivity (Wildman–Crippen MR) is 66.1 cm³/mol. The fraction of sp³-hybridized carbons (Fsp3) is 0.714. The lowest BCUT2D eigenvalue weighted by Crippen LogP contribution is -2.65. The summed E-state index contributed by atoms with van der Waals surface area (Å²) < 4.78 is 5.84. The topological polar surface area (TPSA) is 63.6 Å². The molecule has 2 rings (SSSR count). The average molecular weight is 252 g/mol. The first-order chi connectivity index (χ1) is 8.05. The second kappa shape index (κ2) is 3.52. The van der Waals surface area contributed by atoms with Crippen molar-refractivity contribution >= 4 is 11.6 Å².